The van der Waals surface area contributed by atoms with Gasteiger partial charge in [-0.2, -0.15) is 8.78 Å². The molecular formula is C17H20F2N4O. The Balaban J connectivity index is 1.61. The number of aromatic nitrogens is 2. The predicted octanol–water partition coefficient (Wildman–Crippen LogP) is 3.15. The Kier molecular flexibility index (Phi) is 5.53. The molecule has 128 valence electrons. The minimum Gasteiger partial charge on any atom is -0.434 e. The van der Waals surface area contributed by atoms with Gasteiger partial charge in [0.1, 0.15) is 17.9 Å². The summed E-state index contributed by atoms with van der Waals surface area (Å²) in [7, 11) is 0. The molecule has 0 saturated carbocycles. The molecule has 0 aliphatic carbocycles. The van der Waals surface area contributed by atoms with Crippen LogP contribution in [0, 0.1) is 0 Å². The highest BCUT2D eigenvalue weighted by molar-refractivity contribution is 5.34. The van der Waals surface area contributed by atoms with E-state index >= 15 is 0 Å². The molecule has 1 aliphatic rings. The lowest BCUT2D eigenvalue weighted by atomic mass is 10.0. The summed E-state index contributed by atoms with van der Waals surface area (Å²) >= 11 is 0. The smallest absolute Gasteiger partial charge is 0.387 e. The molecule has 2 aromatic rings. The highest BCUT2D eigenvalue weighted by atomic mass is 19.3. The number of likely N-dealkylation sites (tertiary alicyclic amines) is 1. The van der Waals surface area contributed by atoms with E-state index in [9.17, 15) is 8.78 Å². The van der Waals surface area contributed by atoms with Gasteiger partial charge in [-0.1, -0.05) is 18.2 Å². The third kappa shape index (κ3) is 4.61. The largest absolute Gasteiger partial charge is 0.434 e. The number of halogens is 2. The maximum atomic E-state index is 12.5. The van der Waals surface area contributed by atoms with Crippen molar-refractivity contribution < 1.29 is 13.5 Å². The maximum Gasteiger partial charge on any atom is 0.387 e. The molecule has 2 heterocycles. The number of ether oxygens (including phenoxy) is 1. The predicted molar refractivity (Wildman–Crippen MR) is 87.0 cm³/mol. The van der Waals surface area contributed by atoms with Crippen LogP contribution < -0.4 is 10.1 Å². The lowest BCUT2D eigenvalue weighted by Crippen LogP contribution is -2.41. The van der Waals surface area contributed by atoms with Crippen LogP contribution >= 0.6 is 0 Å². The molecule has 0 amide bonds. The van der Waals surface area contributed by atoms with Crippen LogP contribution in [0.4, 0.5) is 14.6 Å². The minimum absolute atomic E-state index is 0.249. The zero-order chi connectivity index (χ0) is 16.8. The van der Waals surface area contributed by atoms with E-state index in [-0.39, 0.29) is 11.8 Å². The Hall–Kier alpha value is -2.28. The van der Waals surface area contributed by atoms with Crippen molar-refractivity contribution >= 4 is 5.82 Å². The van der Waals surface area contributed by atoms with Crippen LogP contribution in [0.25, 0.3) is 0 Å². The molecule has 0 bridgehead atoms. The number of benzene rings is 1. The molecule has 3 rings (SSSR count). The second kappa shape index (κ2) is 8.01. The zero-order valence-electron chi connectivity index (χ0n) is 13.2. The van der Waals surface area contributed by atoms with Crippen molar-refractivity contribution in [1.82, 2.24) is 14.9 Å². The molecule has 1 saturated heterocycles. The fourth-order valence-corrected chi connectivity index (χ4v) is 2.99. The average molecular weight is 334 g/mol. The van der Waals surface area contributed by atoms with E-state index < -0.39 is 6.61 Å². The molecule has 1 aromatic heterocycles. The van der Waals surface area contributed by atoms with Gasteiger partial charge < -0.3 is 10.1 Å². The van der Waals surface area contributed by atoms with E-state index in [0.717, 1.165) is 37.3 Å². The Morgan fingerprint density at radius 1 is 1.29 bits per heavy atom. The molecule has 1 atom stereocenters. The van der Waals surface area contributed by atoms with Gasteiger partial charge in [-0.3, -0.25) is 4.90 Å². The Morgan fingerprint density at radius 2 is 2.17 bits per heavy atom. The summed E-state index contributed by atoms with van der Waals surface area (Å²) in [5, 5.41) is 3.40. The molecule has 1 fully saturated rings. The number of hydrogen-bond acceptors (Lipinski definition) is 5. The van der Waals surface area contributed by atoms with Crippen molar-refractivity contribution in [1.29, 1.82) is 0 Å². The highest BCUT2D eigenvalue weighted by Gasteiger charge is 2.21. The number of hydrogen-bond donors (Lipinski definition) is 1. The lowest BCUT2D eigenvalue weighted by molar-refractivity contribution is -0.0508. The van der Waals surface area contributed by atoms with Gasteiger partial charge in [0.2, 0.25) is 0 Å². The summed E-state index contributed by atoms with van der Waals surface area (Å²) in [6.45, 7) is -0.456. The second-order valence-corrected chi connectivity index (χ2v) is 5.80. The molecule has 5 nitrogen and oxygen atoms in total. The summed E-state index contributed by atoms with van der Waals surface area (Å²) in [5.74, 6) is 1.05. The van der Waals surface area contributed by atoms with Gasteiger partial charge >= 0.3 is 6.61 Å². The van der Waals surface area contributed by atoms with Crippen molar-refractivity contribution in [3.05, 3.63) is 48.4 Å². The molecule has 7 heteroatoms. The van der Waals surface area contributed by atoms with E-state index in [1.165, 1.54) is 6.33 Å². The van der Waals surface area contributed by atoms with Crippen LogP contribution in [-0.2, 0) is 6.54 Å². The lowest BCUT2D eigenvalue weighted by Gasteiger charge is -2.33. The average Bonchev–Trinajstić information content (AvgIpc) is 2.57. The van der Waals surface area contributed by atoms with Gasteiger partial charge in [-0.25, -0.2) is 9.97 Å². The fourth-order valence-electron chi connectivity index (χ4n) is 2.99. The van der Waals surface area contributed by atoms with Crippen LogP contribution in [0.5, 0.6) is 5.75 Å². The number of piperidine rings is 1. The van der Waals surface area contributed by atoms with Gasteiger partial charge in [-0.05, 0) is 31.5 Å². The first kappa shape index (κ1) is 16.6. The molecule has 24 heavy (non-hydrogen) atoms. The standard InChI is InChI=1S/C17H20F2N4O/c18-17(19)24-15-6-2-1-4-13(15)10-23-9-3-5-14(11-23)22-16-7-8-20-12-21-16/h1-2,4,6-8,12,14,17H,3,5,9-11H2,(H,20,21,22). The summed E-state index contributed by atoms with van der Waals surface area (Å²) in [6.07, 6.45) is 5.31. The minimum atomic E-state index is -2.81. The molecule has 1 unspecified atom stereocenters. The van der Waals surface area contributed by atoms with Crippen molar-refractivity contribution in [3.63, 3.8) is 0 Å². The van der Waals surface area contributed by atoms with Crippen LogP contribution in [0.3, 0.4) is 0 Å². The van der Waals surface area contributed by atoms with E-state index in [1.807, 2.05) is 18.2 Å². The summed E-state index contributed by atoms with van der Waals surface area (Å²) < 4.78 is 29.7. The number of nitrogens with zero attached hydrogens (tertiary/aromatic N) is 3. The summed E-state index contributed by atoms with van der Waals surface area (Å²) in [5.41, 5.74) is 0.778. The number of rotatable bonds is 6. The van der Waals surface area contributed by atoms with Crippen molar-refractivity contribution in [3.8, 4) is 5.75 Å². The third-order valence-corrected chi connectivity index (χ3v) is 4.02. The van der Waals surface area contributed by atoms with Crippen LogP contribution in [0.1, 0.15) is 18.4 Å². The Bertz CT molecular complexity index is 641. The number of nitrogens with one attached hydrogen (secondary N) is 1. The van der Waals surface area contributed by atoms with Gasteiger partial charge in [0.15, 0.2) is 0 Å². The summed E-state index contributed by atoms with van der Waals surface area (Å²) in [4.78, 5) is 10.3. The van der Waals surface area contributed by atoms with Crippen molar-refractivity contribution in [2.75, 3.05) is 18.4 Å². The Morgan fingerprint density at radius 3 is 2.96 bits per heavy atom. The van der Waals surface area contributed by atoms with E-state index in [2.05, 4.69) is 24.9 Å². The van der Waals surface area contributed by atoms with Gasteiger partial charge in [0.05, 0.1) is 0 Å². The maximum absolute atomic E-state index is 12.5. The zero-order valence-corrected chi connectivity index (χ0v) is 13.2. The van der Waals surface area contributed by atoms with Crippen LogP contribution in [-0.4, -0.2) is 40.6 Å². The van der Waals surface area contributed by atoms with E-state index in [1.54, 1.807) is 18.3 Å². The van der Waals surface area contributed by atoms with Crippen molar-refractivity contribution in [2.24, 2.45) is 0 Å². The normalized spacial score (nSPS) is 18.5. The van der Waals surface area contributed by atoms with Gasteiger partial charge in [0.25, 0.3) is 0 Å². The van der Waals surface area contributed by atoms with Crippen LogP contribution in [0.2, 0.25) is 0 Å². The monoisotopic (exact) mass is 334 g/mol. The summed E-state index contributed by atoms with van der Waals surface area (Å²) in [6, 6.07) is 9.08. The number of para-hydroxylation sites is 1. The Labute approximate surface area is 139 Å². The first-order valence-electron chi connectivity index (χ1n) is 7.98. The van der Waals surface area contributed by atoms with Gasteiger partial charge in [0, 0.05) is 30.9 Å². The topological polar surface area (TPSA) is 50.3 Å². The molecule has 0 spiro atoms. The molecule has 1 aromatic carbocycles. The first-order valence-corrected chi connectivity index (χ1v) is 7.98. The third-order valence-electron chi connectivity index (χ3n) is 4.02. The second-order valence-electron chi connectivity index (χ2n) is 5.80. The van der Waals surface area contributed by atoms with Crippen molar-refractivity contribution in [2.45, 2.75) is 32.0 Å². The highest BCUT2D eigenvalue weighted by Crippen LogP contribution is 2.24. The van der Waals surface area contributed by atoms with Crippen LogP contribution in [0.15, 0.2) is 42.9 Å². The molecule has 1 N–H and O–H groups in total. The molecule has 0 radical (unpaired) electrons. The SMILES string of the molecule is FC(F)Oc1ccccc1CN1CCCC(Nc2ccncn2)C1. The van der Waals surface area contributed by atoms with E-state index in [4.69, 9.17) is 0 Å². The molecule has 1 aliphatic heterocycles. The first-order chi connectivity index (χ1) is 11.7. The quantitative estimate of drug-likeness (QED) is 0.879. The molecular weight excluding hydrogens is 314 g/mol. The van der Waals surface area contributed by atoms with Gasteiger partial charge in [-0.15, -0.1) is 0 Å². The van der Waals surface area contributed by atoms with E-state index in [0.29, 0.717) is 6.54 Å². The number of alkyl halides is 2. The fraction of sp³-hybridized carbons (Fsp3) is 0.412. The number of anilines is 1.